The summed E-state index contributed by atoms with van der Waals surface area (Å²) in [5, 5.41) is 0. The van der Waals surface area contributed by atoms with Gasteiger partial charge in [-0.15, -0.1) is 0 Å². The predicted octanol–water partition coefficient (Wildman–Crippen LogP) is 5.30. The van der Waals surface area contributed by atoms with Crippen molar-refractivity contribution in [3.63, 3.8) is 0 Å². The van der Waals surface area contributed by atoms with Gasteiger partial charge < -0.3 is 18.9 Å². The van der Waals surface area contributed by atoms with Crippen molar-refractivity contribution in [1.29, 1.82) is 0 Å². The van der Waals surface area contributed by atoms with Crippen molar-refractivity contribution in [2.24, 2.45) is 0 Å². The van der Waals surface area contributed by atoms with Gasteiger partial charge in [0.1, 0.15) is 36.3 Å². The van der Waals surface area contributed by atoms with Gasteiger partial charge in [-0.05, 0) is 54.1 Å². The Kier molecular flexibility index (Phi) is 7.81. The van der Waals surface area contributed by atoms with E-state index in [0.29, 0.717) is 28.4 Å². The van der Waals surface area contributed by atoms with E-state index in [1.54, 1.807) is 54.6 Å². The highest BCUT2D eigenvalue weighted by Crippen LogP contribution is 2.23. The molecule has 0 heterocycles. The molecule has 0 fully saturated rings. The van der Waals surface area contributed by atoms with Crippen LogP contribution in [0.3, 0.4) is 0 Å². The molecule has 0 aromatic heterocycles. The van der Waals surface area contributed by atoms with Crippen LogP contribution in [0.1, 0.15) is 34.0 Å². The van der Waals surface area contributed by atoms with Gasteiger partial charge in [0.2, 0.25) is 0 Å². The maximum Gasteiger partial charge on any atom is 0.343 e. The molecule has 0 amide bonds. The second kappa shape index (κ2) is 10.9. The summed E-state index contributed by atoms with van der Waals surface area (Å²) in [5.41, 5.74) is 1.83. The minimum Gasteiger partial charge on any atom is -0.497 e. The largest absolute Gasteiger partial charge is 0.497 e. The van der Waals surface area contributed by atoms with E-state index in [2.05, 4.69) is 6.58 Å². The Morgan fingerprint density at radius 1 is 0.909 bits per heavy atom. The number of benzene rings is 3. The van der Waals surface area contributed by atoms with Crippen molar-refractivity contribution in [3.05, 3.63) is 101 Å². The second-order valence-corrected chi connectivity index (χ2v) is 7.07. The lowest BCUT2D eigenvalue weighted by molar-refractivity contribution is -0.142. The summed E-state index contributed by atoms with van der Waals surface area (Å²) in [6, 6.07) is 17.6. The fourth-order valence-electron chi connectivity index (χ4n) is 2.90. The number of esters is 2. The Hall–Kier alpha value is -4.13. The Bertz CT molecular complexity index is 1150. The fourth-order valence-corrected chi connectivity index (χ4v) is 2.90. The van der Waals surface area contributed by atoms with Crippen molar-refractivity contribution < 1.29 is 32.9 Å². The maximum absolute atomic E-state index is 13.9. The first-order valence-electron chi connectivity index (χ1n) is 10.0. The summed E-state index contributed by atoms with van der Waals surface area (Å²) in [6.07, 6.45) is 0. The number of rotatable bonds is 9. The number of methoxy groups -OCH3 is 1. The van der Waals surface area contributed by atoms with E-state index >= 15 is 0 Å². The normalized spacial score (nSPS) is 10.3. The number of halogens is 1. The molecule has 3 aromatic rings. The topological polar surface area (TPSA) is 71.1 Å². The van der Waals surface area contributed by atoms with Crippen LogP contribution in [-0.4, -0.2) is 19.0 Å². The van der Waals surface area contributed by atoms with E-state index in [-0.39, 0.29) is 18.8 Å². The molecule has 0 unspecified atom stereocenters. The molecular formula is C26H23FO6. The predicted molar refractivity (Wildman–Crippen MR) is 120 cm³/mol. The highest BCUT2D eigenvalue weighted by Gasteiger charge is 2.14. The lowest BCUT2D eigenvalue weighted by Gasteiger charge is -2.12. The van der Waals surface area contributed by atoms with E-state index in [1.807, 2.05) is 0 Å². The van der Waals surface area contributed by atoms with E-state index in [9.17, 15) is 14.0 Å². The summed E-state index contributed by atoms with van der Waals surface area (Å²) in [7, 11) is 1.52. The first-order valence-corrected chi connectivity index (χ1v) is 10.0. The van der Waals surface area contributed by atoms with E-state index in [0.717, 1.165) is 5.56 Å². The third kappa shape index (κ3) is 6.67. The zero-order chi connectivity index (χ0) is 23.8. The molecule has 0 saturated carbocycles. The third-order valence-electron chi connectivity index (χ3n) is 4.63. The molecular weight excluding hydrogens is 427 g/mol. The number of hydrogen-bond donors (Lipinski definition) is 0. The van der Waals surface area contributed by atoms with Crippen molar-refractivity contribution >= 4 is 17.7 Å². The second-order valence-electron chi connectivity index (χ2n) is 7.07. The maximum atomic E-state index is 13.9. The van der Waals surface area contributed by atoms with Crippen LogP contribution in [0.25, 0.3) is 5.76 Å². The zero-order valence-corrected chi connectivity index (χ0v) is 18.3. The van der Waals surface area contributed by atoms with Crippen LogP contribution in [0.5, 0.6) is 11.5 Å². The van der Waals surface area contributed by atoms with Crippen LogP contribution in [0.2, 0.25) is 0 Å². The lowest BCUT2D eigenvalue weighted by atomic mass is 10.1. The van der Waals surface area contributed by atoms with Crippen molar-refractivity contribution in [2.45, 2.75) is 20.1 Å². The minimum atomic E-state index is -0.631. The lowest BCUT2D eigenvalue weighted by Crippen LogP contribution is -2.10. The highest BCUT2D eigenvalue weighted by atomic mass is 19.1. The van der Waals surface area contributed by atoms with Gasteiger partial charge in [-0.1, -0.05) is 24.8 Å². The molecule has 3 rings (SSSR count). The number of carbonyl (C=O) groups is 2. The van der Waals surface area contributed by atoms with Crippen LogP contribution in [0.4, 0.5) is 4.39 Å². The number of ether oxygens (including phenoxy) is 4. The summed E-state index contributed by atoms with van der Waals surface area (Å²) >= 11 is 0. The highest BCUT2D eigenvalue weighted by molar-refractivity contribution is 5.91. The van der Waals surface area contributed by atoms with Crippen LogP contribution in [0, 0.1) is 5.82 Å². The van der Waals surface area contributed by atoms with Gasteiger partial charge >= 0.3 is 11.9 Å². The Morgan fingerprint density at radius 3 is 2.30 bits per heavy atom. The molecule has 0 atom stereocenters. The summed E-state index contributed by atoms with van der Waals surface area (Å²) in [5.74, 6) is -0.368. The van der Waals surface area contributed by atoms with Crippen molar-refractivity contribution in [3.8, 4) is 11.5 Å². The molecule has 7 heteroatoms. The molecule has 3 aromatic carbocycles. The summed E-state index contributed by atoms with van der Waals surface area (Å²) < 4.78 is 35.2. The SMILES string of the molecule is C=C(OC)c1ccc(OC(=O)c2cc(COC(C)=O)cc(OCc3ccccc3F)c2)cc1. The number of hydrogen-bond acceptors (Lipinski definition) is 6. The van der Waals surface area contributed by atoms with Gasteiger partial charge in [0, 0.05) is 18.1 Å². The zero-order valence-electron chi connectivity index (χ0n) is 18.3. The monoisotopic (exact) mass is 450 g/mol. The Labute approximate surface area is 191 Å². The Balaban J connectivity index is 1.79. The standard InChI is InChI=1S/C26H23FO6/c1-17(30-3)20-8-10-23(11-9-20)33-26(29)22-12-19(15-31-18(2)28)13-24(14-22)32-16-21-6-4-5-7-25(21)27/h4-14H,1,15-16H2,2-3H3. The average Bonchev–Trinajstić information content (AvgIpc) is 2.82. The van der Waals surface area contributed by atoms with Gasteiger partial charge in [0.05, 0.1) is 12.7 Å². The molecule has 33 heavy (non-hydrogen) atoms. The first-order chi connectivity index (χ1) is 15.9. The molecule has 0 radical (unpaired) electrons. The van der Waals surface area contributed by atoms with Gasteiger partial charge in [-0.3, -0.25) is 4.79 Å². The van der Waals surface area contributed by atoms with Crippen LogP contribution in [-0.2, 0) is 27.5 Å². The van der Waals surface area contributed by atoms with E-state index in [1.165, 1.54) is 26.2 Å². The average molecular weight is 450 g/mol. The molecule has 0 aliphatic rings. The molecule has 0 aliphatic heterocycles. The molecule has 0 aliphatic carbocycles. The summed E-state index contributed by atoms with van der Waals surface area (Å²) in [6.45, 7) is 4.97. The first kappa shape index (κ1) is 23.5. The summed E-state index contributed by atoms with van der Waals surface area (Å²) in [4.78, 5) is 24.0. The molecule has 0 N–H and O–H groups in total. The van der Waals surface area contributed by atoms with Gasteiger partial charge in [0.15, 0.2) is 0 Å². The molecule has 0 spiro atoms. The fraction of sp³-hybridized carbons (Fsp3) is 0.154. The Morgan fingerprint density at radius 2 is 1.64 bits per heavy atom. The van der Waals surface area contributed by atoms with Crippen molar-refractivity contribution in [1.82, 2.24) is 0 Å². The van der Waals surface area contributed by atoms with Gasteiger partial charge in [-0.2, -0.15) is 0 Å². The minimum absolute atomic E-state index is 0.0387. The molecule has 0 bridgehead atoms. The van der Waals surface area contributed by atoms with Crippen LogP contribution in [0.15, 0.2) is 73.3 Å². The molecule has 0 saturated heterocycles. The van der Waals surface area contributed by atoms with Crippen LogP contribution >= 0.6 is 0 Å². The smallest absolute Gasteiger partial charge is 0.343 e. The van der Waals surface area contributed by atoms with E-state index < -0.39 is 17.8 Å². The number of carbonyl (C=O) groups excluding carboxylic acids is 2. The molecule has 6 nitrogen and oxygen atoms in total. The van der Waals surface area contributed by atoms with Gasteiger partial charge in [-0.25, -0.2) is 9.18 Å². The third-order valence-corrected chi connectivity index (χ3v) is 4.63. The van der Waals surface area contributed by atoms with Gasteiger partial charge in [0.25, 0.3) is 0 Å². The van der Waals surface area contributed by atoms with E-state index in [4.69, 9.17) is 18.9 Å². The quantitative estimate of drug-likeness (QED) is 0.250. The van der Waals surface area contributed by atoms with Crippen LogP contribution < -0.4 is 9.47 Å². The van der Waals surface area contributed by atoms with Crippen molar-refractivity contribution in [2.75, 3.05) is 7.11 Å². The molecule has 170 valence electrons.